The van der Waals surface area contributed by atoms with Gasteiger partial charge in [0.15, 0.2) is 6.29 Å². The van der Waals surface area contributed by atoms with Gasteiger partial charge >= 0.3 is 5.97 Å². The minimum atomic E-state index is -0.818. The van der Waals surface area contributed by atoms with Crippen molar-refractivity contribution in [3.8, 4) is 5.75 Å². The molecule has 0 spiro atoms. The quantitative estimate of drug-likeness (QED) is 0.340. The first kappa shape index (κ1) is 31.7. The number of quaternary nitrogens is 1. The highest BCUT2D eigenvalue weighted by Gasteiger charge is 2.50. The number of benzene rings is 1. The third kappa shape index (κ3) is 8.00. The Labute approximate surface area is 246 Å². The van der Waals surface area contributed by atoms with E-state index < -0.39 is 17.3 Å². The lowest BCUT2D eigenvalue weighted by atomic mass is 9.77. The van der Waals surface area contributed by atoms with Crippen LogP contribution in [0.15, 0.2) is 18.2 Å². The van der Waals surface area contributed by atoms with Crippen molar-refractivity contribution >= 4 is 11.9 Å². The summed E-state index contributed by atoms with van der Waals surface area (Å²) >= 11 is 0. The van der Waals surface area contributed by atoms with Crippen molar-refractivity contribution in [2.45, 2.75) is 71.1 Å². The Hall–Kier alpha value is -2.20. The largest absolute Gasteiger partial charge is 0.493 e. The van der Waals surface area contributed by atoms with E-state index in [1.165, 1.54) is 0 Å². The fourth-order valence-electron chi connectivity index (χ4n) is 6.69. The smallest absolute Gasteiger partial charge is 0.308 e. The minimum Gasteiger partial charge on any atom is -0.493 e. The van der Waals surface area contributed by atoms with E-state index in [2.05, 4.69) is 52.9 Å². The molecule has 2 fully saturated rings. The molecule has 41 heavy (non-hydrogen) atoms. The Morgan fingerprint density at radius 1 is 1.10 bits per heavy atom. The second-order valence-corrected chi connectivity index (χ2v) is 13.8. The van der Waals surface area contributed by atoms with Gasteiger partial charge in [0.05, 0.1) is 60.0 Å². The number of hydrogen-bond donors (Lipinski definition) is 1. The summed E-state index contributed by atoms with van der Waals surface area (Å²) in [6, 6.07) is 5.79. The average Bonchev–Trinajstić information content (AvgIpc) is 3.65. The molecule has 0 bridgehead atoms. The van der Waals surface area contributed by atoms with E-state index in [0.29, 0.717) is 32.8 Å². The third-order valence-electron chi connectivity index (χ3n) is 8.90. The number of aliphatic carboxylic acids is 1. The molecule has 3 heterocycles. The molecule has 0 radical (unpaired) electrons. The number of nitrogens with zero attached hydrogens (tertiary/aromatic N) is 3. The lowest BCUT2D eigenvalue weighted by molar-refractivity contribution is -0.870. The molecule has 9 nitrogen and oxygen atoms in total. The number of amides is 1. The van der Waals surface area contributed by atoms with E-state index in [4.69, 9.17) is 14.2 Å². The van der Waals surface area contributed by atoms with Crippen LogP contribution in [0.5, 0.6) is 5.75 Å². The molecule has 0 aromatic heterocycles. The predicted molar refractivity (Wildman–Crippen MR) is 158 cm³/mol. The van der Waals surface area contributed by atoms with Crippen molar-refractivity contribution in [3.05, 3.63) is 29.3 Å². The summed E-state index contributed by atoms with van der Waals surface area (Å²) in [5, 5.41) is 10.6. The van der Waals surface area contributed by atoms with Gasteiger partial charge in [-0.3, -0.25) is 14.5 Å². The van der Waals surface area contributed by atoms with Gasteiger partial charge in [-0.15, -0.1) is 0 Å². The van der Waals surface area contributed by atoms with Gasteiger partial charge in [-0.25, -0.2) is 0 Å². The minimum absolute atomic E-state index is 0.0863. The number of rotatable bonds is 14. The number of fused-ring (bicyclic) bond motifs is 1. The van der Waals surface area contributed by atoms with E-state index in [1.54, 1.807) is 0 Å². The first-order valence-electron chi connectivity index (χ1n) is 15.4. The number of carboxylic acid groups (broad SMARTS) is 1. The lowest BCUT2D eigenvalue weighted by Gasteiger charge is -2.37. The van der Waals surface area contributed by atoms with Gasteiger partial charge in [0, 0.05) is 49.9 Å². The Bertz CT molecular complexity index is 1050. The summed E-state index contributed by atoms with van der Waals surface area (Å²) < 4.78 is 18.3. The highest BCUT2D eigenvalue weighted by Crippen LogP contribution is 2.45. The Kier molecular flexibility index (Phi) is 10.4. The Balaban J connectivity index is 1.59. The van der Waals surface area contributed by atoms with Gasteiger partial charge in [0.1, 0.15) is 5.75 Å². The molecule has 3 aliphatic heterocycles. The number of ether oxygens (including phenoxy) is 3. The third-order valence-corrected chi connectivity index (χ3v) is 8.90. The molecule has 1 N–H and O–H groups in total. The van der Waals surface area contributed by atoms with Crippen LogP contribution in [0.25, 0.3) is 0 Å². The van der Waals surface area contributed by atoms with Crippen molar-refractivity contribution in [2.75, 3.05) is 73.7 Å². The fourth-order valence-corrected chi connectivity index (χ4v) is 6.69. The lowest BCUT2D eigenvalue weighted by Crippen LogP contribution is -2.47. The normalized spacial score (nSPS) is 23.5. The number of unbranched alkanes of at least 4 members (excludes halogenated alkanes) is 1. The molecular weight excluding hydrogens is 522 g/mol. The summed E-state index contributed by atoms with van der Waals surface area (Å²) in [4.78, 5) is 31.0. The number of carbonyl (C=O) groups is 2. The summed E-state index contributed by atoms with van der Waals surface area (Å²) in [6.07, 6.45) is 3.92. The van der Waals surface area contributed by atoms with Crippen LogP contribution in [-0.2, 0) is 25.5 Å². The average molecular weight is 575 g/mol. The van der Waals surface area contributed by atoms with Crippen LogP contribution in [0.1, 0.15) is 63.5 Å². The van der Waals surface area contributed by atoms with Crippen molar-refractivity contribution in [1.29, 1.82) is 0 Å². The molecule has 1 amide bonds. The molecular formula is C32H52N3O6+. The zero-order chi connectivity index (χ0) is 29.8. The molecule has 0 saturated carbocycles. The first-order chi connectivity index (χ1) is 19.4. The molecule has 0 aliphatic carbocycles. The number of carbonyl (C=O) groups excluding carboxylic acids is 1. The van der Waals surface area contributed by atoms with Crippen molar-refractivity contribution in [1.82, 2.24) is 9.80 Å². The van der Waals surface area contributed by atoms with Crippen LogP contribution in [0.3, 0.4) is 0 Å². The van der Waals surface area contributed by atoms with Crippen molar-refractivity contribution in [3.63, 3.8) is 0 Å². The zero-order valence-electron chi connectivity index (χ0n) is 26.1. The molecule has 9 heteroatoms. The van der Waals surface area contributed by atoms with Gasteiger partial charge in [-0.2, -0.15) is 0 Å². The molecule has 1 aromatic rings. The van der Waals surface area contributed by atoms with Gasteiger partial charge in [-0.05, 0) is 30.0 Å². The number of carboxylic acids is 1. The maximum atomic E-state index is 13.9. The van der Waals surface area contributed by atoms with Crippen LogP contribution < -0.4 is 4.74 Å². The molecule has 2 saturated heterocycles. The summed E-state index contributed by atoms with van der Waals surface area (Å²) in [7, 11) is 6.51. The number of hydrogen-bond acceptors (Lipinski definition) is 6. The maximum Gasteiger partial charge on any atom is 0.308 e. The van der Waals surface area contributed by atoms with E-state index >= 15 is 0 Å². The van der Waals surface area contributed by atoms with Gasteiger partial charge in [0.2, 0.25) is 5.91 Å². The highest BCUT2D eigenvalue weighted by atomic mass is 16.7. The SMILES string of the molecule is CCCCN(CCC[N+](C)(C)C)C(=O)CN1C[C@H](c2ccc3c(c2)CCO3)[C@@H](C(=O)O)[C@@H]1CC(C)(C)C1OCCO1. The predicted octanol–water partition coefficient (Wildman–Crippen LogP) is 3.60. The van der Waals surface area contributed by atoms with Crippen LogP contribution in [0.4, 0.5) is 0 Å². The maximum absolute atomic E-state index is 13.9. The van der Waals surface area contributed by atoms with E-state index in [0.717, 1.165) is 66.7 Å². The summed E-state index contributed by atoms with van der Waals surface area (Å²) in [6.45, 7) is 11.2. The van der Waals surface area contributed by atoms with Crippen molar-refractivity contribution in [2.24, 2.45) is 11.3 Å². The monoisotopic (exact) mass is 574 g/mol. The standard InChI is InChI=1S/C32H51N3O6/c1-7-8-13-33(14-9-15-35(4,5)6)28(36)22-34-21-25(23-10-11-27-24(19-23)12-16-39-27)29(30(37)38)26(34)20-32(2,3)31-40-17-18-41-31/h10-11,19,25-26,29,31H,7-9,12-18,20-22H2,1-6H3/p+1/t25-,26+,29-/m1/s1. The molecule has 3 atom stereocenters. The highest BCUT2D eigenvalue weighted by molar-refractivity contribution is 5.79. The first-order valence-corrected chi connectivity index (χ1v) is 15.4. The van der Waals surface area contributed by atoms with Crippen LogP contribution in [0, 0.1) is 11.3 Å². The van der Waals surface area contributed by atoms with Gasteiger partial charge < -0.3 is 28.7 Å². The van der Waals surface area contributed by atoms with Crippen LogP contribution >= 0.6 is 0 Å². The summed E-state index contributed by atoms with van der Waals surface area (Å²) in [5.74, 6) is -0.713. The summed E-state index contributed by atoms with van der Waals surface area (Å²) in [5.41, 5.74) is 1.73. The molecule has 3 aliphatic rings. The molecule has 0 unspecified atom stereocenters. The fraction of sp³-hybridized carbons (Fsp3) is 0.750. The van der Waals surface area contributed by atoms with E-state index in [9.17, 15) is 14.7 Å². The Morgan fingerprint density at radius 2 is 1.80 bits per heavy atom. The second kappa shape index (κ2) is 13.4. The molecule has 230 valence electrons. The van der Waals surface area contributed by atoms with Gasteiger partial charge in [0.25, 0.3) is 0 Å². The molecule has 4 rings (SSSR count). The Morgan fingerprint density at radius 3 is 2.46 bits per heavy atom. The van der Waals surface area contributed by atoms with Crippen molar-refractivity contribution < 1.29 is 33.4 Å². The van der Waals surface area contributed by atoms with Crippen LogP contribution in [-0.4, -0.2) is 117 Å². The van der Waals surface area contributed by atoms with E-state index in [1.807, 2.05) is 17.0 Å². The number of likely N-dealkylation sites (tertiary alicyclic amines) is 1. The van der Waals surface area contributed by atoms with E-state index in [-0.39, 0.29) is 30.7 Å². The molecule has 1 aromatic carbocycles. The van der Waals surface area contributed by atoms with Crippen LogP contribution in [0.2, 0.25) is 0 Å². The zero-order valence-corrected chi connectivity index (χ0v) is 26.1. The second-order valence-electron chi connectivity index (χ2n) is 13.8. The topological polar surface area (TPSA) is 88.5 Å². The van der Waals surface area contributed by atoms with Gasteiger partial charge in [-0.1, -0.05) is 39.3 Å².